The van der Waals surface area contributed by atoms with Gasteiger partial charge in [-0.25, -0.2) is 8.42 Å². The van der Waals surface area contributed by atoms with E-state index in [4.69, 9.17) is 27.9 Å². The third-order valence-corrected chi connectivity index (χ3v) is 5.51. The normalized spacial score (nSPS) is 11.2. The smallest absolute Gasteiger partial charge is 0.272 e. The van der Waals surface area contributed by atoms with Crippen molar-refractivity contribution in [2.24, 2.45) is 0 Å². The van der Waals surface area contributed by atoms with Gasteiger partial charge in [0, 0.05) is 0 Å². The lowest BCUT2D eigenvalue weighted by atomic mass is 10.1. The van der Waals surface area contributed by atoms with Gasteiger partial charge in [-0.05, 0) is 37.1 Å². The minimum atomic E-state index is -4.06. The van der Waals surface area contributed by atoms with Crippen LogP contribution < -0.4 is 15.0 Å². The van der Waals surface area contributed by atoms with Crippen LogP contribution in [0, 0.1) is 13.8 Å². The zero-order valence-corrected chi connectivity index (χ0v) is 15.8. The number of hydrazine groups is 1. The summed E-state index contributed by atoms with van der Waals surface area (Å²) in [4.78, 5) is 13.6. The Bertz CT molecular complexity index is 881. The Balaban J connectivity index is 1.99. The Morgan fingerprint density at radius 2 is 1.68 bits per heavy atom. The van der Waals surface area contributed by atoms with Crippen molar-refractivity contribution in [3.8, 4) is 5.75 Å². The first-order valence-electron chi connectivity index (χ1n) is 7.16. The van der Waals surface area contributed by atoms with Crippen LogP contribution >= 0.6 is 23.2 Å². The summed E-state index contributed by atoms with van der Waals surface area (Å²) in [5, 5.41) is -0.0352. The van der Waals surface area contributed by atoms with E-state index in [1.54, 1.807) is 0 Å². The van der Waals surface area contributed by atoms with Crippen molar-refractivity contribution in [2.75, 3.05) is 6.61 Å². The Labute approximate surface area is 156 Å². The third kappa shape index (κ3) is 4.85. The van der Waals surface area contributed by atoms with Crippen LogP contribution in [0.3, 0.4) is 0 Å². The van der Waals surface area contributed by atoms with E-state index in [0.717, 1.165) is 11.1 Å². The maximum absolute atomic E-state index is 12.2. The summed E-state index contributed by atoms with van der Waals surface area (Å²) < 4.78 is 29.8. The van der Waals surface area contributed by atoms with E-state index in [-0.39, 0.29) is 21.5 Å². The molecule has 0 aliphatic rings. The van der Waals surface area contributed by atoms with Crippen molar-refractivity contribution < 1.29 is 17.9 Å². The van der Waals surface area contributed by atoms with Crippen LogP contribution in [-0.4, -0.2) is 20.9 Å². The van der Waals surface area contributed by atoms with Crippen LogP contribution in [0.4, 0.5) is 0 Å². The predicted molar refractivity (Wildman–Crippen MR) is 96.3 cm³/mol. The van der Waals surface area contributed by atoms with Crippen LogP contribution in [0.15, 0.2) is 41.3 Å². The number of benzene rings is 2. The molecule has 0 unspecified atom stereocenters. The summed E-state index contributed by atoms with van der Waals surface area (Å²) in [6, 6.07) is 9.75. The lowest BCUT2D eigenvalue weighted by Crippen LogP contribution is -2.43. The molecule has 0 atom stereocenters. The quantitative estimate of drug-likeness (QED) is 0.727. The number of sulfonamides is 1. The lowest BCUT2D eigenvalue weighted by Gasteiger charge is -2.13. The van der Waals surface area contributed by atoms with Gasteiger partial charge in [-0.1, -0.05) is 47.5 Å². The number of hydrogen-bond acceptors (Lipinski definition) is 4. The summed E-state index contributed by atoms with van der Waals surface area (Å²) in [5.41, 5.74) is 3.82. The van der Waals surface area contributed by atoms with Gasteiger partial charge < -0.3 is 4.74 Å². The van der Waals surface area contributed by atoms with Crippen molar-refractivity contribution in [1.82, 2.24) is 10.3 Å². The van der Waals surface area contributed by atoms with Crippen LogP contribution in [0.2, 0.25) is 10.0 Å². The van der Waals surface area contributed by atoms with Gasteiger partial charge in [0.1, 0.15) is 10.6 Å². The molecule has 0 heterocycles. The molecule has 25 heavy (non-hydrogen) atoms. The summed E-state index contributed by atoms with van der Waals surface area (Å²) in [5.74, 6) is -0.0808. The molecular formula is C16H16Cl2N2O4S. The van der Waals surface area contributed by atoms with Crippen LogP contribution in [0.25, 0.3) is 0 Å². The Kier molecular flexibility index (Phi) is 6.29. The van der Waals surface area contributed by atoms with Crippen molar-refractivity contribution in [1.29, 1.82) is 0 Å². The molecule has 1 amide bonds. The summed E-state index contributed by atoms with van der Waals surface area (Å²) in [6.45, 7) is 3.35. The highest BCUT2D eigenvalue weighted by Crippen LogP contribution is 2.28. The SMILES string of the molecule is Cc1cccc(C)c1OCC(=O)NNS(=O)(=O)c1cccc(Cl)c1Cl. The minimum absolute atomic E-state index is 0.0919. The average Bonchev–Trinajstić information content (AvgIpc) is 2.55. The van der Waals surface area contributed by atoms with Gasteiger partial charge in [-0.3, -0.25) is 10.2 Å². The van der Waals surface area contributed by atoms with E-state index < -0.39 is 15.9 Å². The second kappa shape index (κ2) is 8.05. The number of nitrogens with one attached hydrogen (secondary N) is 2. The molecule has 0 aliphatic heterocycles. The molecule has 0 saturated carbocycles. The molecule has 0 radical (unpaired) electrons. The molecule has 0 aliphatic carbocycles. The highest BCUT2D eigenvalue weighted by atomic mass is 35.5. The fourth-order valence-electron chi connectivity index (χ4n) is 2.07. The third-order valence-electron chi connectivity index (χ3n) is 3.29. The summed E-state index contributed by atoms with van der Waals surface area (Å²) >= 11 is 11.7. The van der Waals surface area contributed by atoms with Gasteiger partial charge in [0.15, 0.2) is 6.61 Å². The average molecular weight is 403 g/mol. The van der Waals surface area contributed by atoms with E-state index in [1.807, 2.05) is 36.9 Å². The van der Waals surface area contributed by atoms with E-state index in [0.29, 0.717) is 5.75 Å². The molecule has 2 aromatic rings. The number of hydrogen-bond donors (Lipinski definition) is 2. The van der Waals surface area contributed by atoms with Crippen LogP contribution in [0.5, 0.6) is 5.75 Å². The molecule has 2 rings (SSSR count). The zero-order valence-electron chi connectivity index (χ0n) is 13.5. The van der Waals surface area contributed by atoms with Gasteiger partial charge in [0.25, 0.3) is 15.9 Å². The van der Waals surface area contributed by atoms with Crippen molar-refractivity contribution in [3.63, 3.8) is 0 Å². The largest absolute Gasteiger partial charge is 0.483 e. The number of carbonyl (C=O) groups is 1. The van der Waals surface area contributed by atoms with Crippen molar-refractivity contribution in [2.45, 2.75) is 18.7 Å². The number of para-hydroxylation sites is 1. The highest BCUT2D eigenvalue weighted by Gasteiger charge is 2.20. The van der Waals surface area contributed by atoms with Gasteiger partial charge >= 0.3 is 0 Å². The topological polar surface area (TPSA) is 84.5 Å². The van der Waals surface area contributed by atoms with E-state index in [2.05, 4.69) is 5.43 Å². The second-order valence-corrected chi connectivity index (χ2v) is 7.65. The minimum Gasteiger partial charge on any atom is -0.483 e. The number of aryl methyl sites for hydroxylation is 2. The second-order valence-electron chi connectivity index (χ2n) is 5.22. The monoisotopic (exact) mass is 402 g/mol. The van der Waals surface area contributed by atoms with E-state index in [1.165, 1.54) is 18.2 Å². The first-order chi connectivity index (χ1) is 11.7. The maximum atomic E-state index is 12.2. The zero-order chi connectivity index (χ0) is 18.6. The molecule has 0 bridgehead atoms. The fourth-order valence-corrected chi connectivity index (χ4v) is 3.69. The first-order valence-corrected chi connectivity index (χ1v) is 9.40. The Hall–Kier alpha value is -1.80. The van der Waals surface area contributed by atoms with Crippen LogP contribution in [0.1, 0.15) is 11.1 Å². The molecule has 0 saturated heterocycles. The Morgan fingerprint density at radius 3 is 2.32 bits per heavy atom. The van der Waals surface area contributed by atoms with Gasteiger partial charge in [-0.15, -0.1) is 4.83 Å². The number of carbonyl (C=O) groups excluding carboxylic acids is 1. The van der Waals surface area contributed by atoms with Gasteiger partial charge in [0.2, 0.25) is 0 Å². The first kappa shape index (κ1) is 19.5. The lowest BCUT2D eigenvalue weighted by molar-refractivity contribution is -0.123. The molecule has 0 fully saturated rings. The van der Waals surface area contributed by atoms with Crippen LogP contribution in [-0.2, 0) is 14.8 Å². The predicted octanol–water partition coefficient (Wildman–Crippen LogP) is 3.00. The summed E-state index contributed by atoms with van der Waals surface area (Å²) in [7, 11) is -4.06. The Morgan fingerprint density at radius 1 is 1.08 bits per heavy atom. The molecule has 6 nitrogen and oxygen atoms in total. The van der Waals surface area contributed by atoms with E-state index in [9.17, 15) is 13.2 Å². The summed E-state index contributed by atoms with van der Waals surface area (Å²) in [6.07, 6.45) is 0. The number of rotatable bonds is 6. The van der Waals surface area contributed by atoms with Crippen molar-refractivity contribution >= 4 is 39.1 Å². The molecule has 2 aromatic carbocycles. The molecular weight excluding hydrogens is 387 g/mol. The number of amides is 1. The maximum Gasteiger partial charge on any atom is 0.272 e. The van der Waals surface area contributed by atoms with Gasteiger partial charge in [-0.2, -0.15) is 0 Å². The van der Waals surface area contributed by atoms with E-state index >= 15 is 0 Å². The molecule has 0 spiro atoms. The standard InChI is InChI=1S/C16H16Cl2N2O4S/c1-10-5-3-6-11(2)16(10)24-9-14(21)19-20-25(22,23)13-8-4-7-12(17)15(13)18/h3-8,20H,9H2,1-2H3,(H,19,21). The fraction of sp³-hybridized carbons (Fsp3) is 0.188. The molecule has 9 heteroatoms. The van der Waals surface area contributed by atoms with Gasteiger partial charge in [0.05, 0.1) is 10.0 Å². The number of halogens is 2. The van der Waals surface area contributed by atoms with Crippen molar-refractivity contribution in [3.05, 3.63) is 57.6 Å². The highest BCUT2D eigenvalue weighted by molar-refractivity contribution is 7.89. The molecule has 0 aromatic heterocycles. The number of ether oxygens (including phenoxy) is 1. The molecule has 2 N–H and O–H groups in total. The molecule has 134 valence electrons.